The van der Waals surface area contributed by atoms with Crippen LogP contribution >= 0.6 is 15.9 Å². The maximum atomic E-state index is 12.8. The van der Waals surface area contributed by atoms with Crippen molar-refractivity contribution < 1.29 is 17.9 Å². The minimum atomic E-state index is -4.36. The molecule has 1 aromatic carbocycles. The maximum absolute atomic E-state index is 12.8. The molecule has 0 spiro atoms. The van der Waals surface area contributed by atoms with Gasteiger partial charge in [-0.05, 0) is 37.0 Å². The fourth-order valence-corrected chi connectivity index (χ4v) is 2.06. The first-order valence-electron chi connectivity index (χ1n) is 6.15. The van der Waals surface area contributed by atoms with Crippen LogP contribution in [-0.4, -0.2) is 19.8 Å². The molecule has 2 nitrogen and oxygen atoms in total. The molecule has 106 valence electrons. The molecule has 0 saturated heterocycles. The Bertz CT molecular complexity index is 432. The third-order valence-corrected chi connectivity index (χ3v) is 3.39. The first-order valence-corrected chi connectivity index (χ1v) is 6.94. The molecule has 1 aromatic rings. The van der Waals surface area contributed by atoms with Crippen LogP contribution in [0, 0.1) is 5.92 Å². The summed E-state index contributed by atoms with van der Waals surface area (Å²) >= 11 is 3.05. The summed E-state index contributed by atoms with van der Waals surface area (Å²) in [7, 11) is 0. The fraction of sp³-hybridized carbons (Fsp3) is 0.538. The highest BCUT2D eigenvalue weighted by molar-refractivity contribution is 9.10. The van der Waals surface area contributed by atoms with Crippen LogP contribution < -0.4 is 5.32 Å². The monoisotopic (exact) mass is 337 g/mol. The van der Waals surface area contributed by atoms with Crippen molar-refractivity contribution in [2.24, 2.45) is 5.92 Å². The van der Waals surface area contributed by atoms with Crippen molar-refractivity contribution >= 4 is 21.6 Å². The van der Waals surface area contributed by atoms with E-state index in [9.17, 15) is 13.2 Å². The molecule has 1 fully saturated rings. The molecular formula is C13H15BrF3NO. The smallest absolute Gasteiger partial charge is 0.382 e. The lowest BCUT2D eigenvalue weighted by atomic mass is 10.1. The van der Waals surface area contributed by atoms with E-state index >= 15 is 0 Å². The van der Waals surface area contributed by atoms with Crippen LogP contribution in [0.2, 0.25) is 0 Å². The molecule has 0 aliphatic heterocycles. The third-order valence-electron chi connectivity index (χ3n) is 2.90. The summed E-state index contributed by atoms with van der Waals surface area (Å²) in [5.41, 5.74) is -0.574. The number of benzene rings is 1. The molecule has 0 radical (unpaired) electrons. The summed E-state index contributed by atoms with van der Waals surface area (Å²) in [6.07, 6.45) is -1.95. The normalized spacial score (nSPS) is 15.6. The van der Waals surface area contributed by atoms with Crippen LogP contribution in [0.4, 0.5) is 18.9 Å². The van der Waals surface area contributed by atoms with Gasteiger partial charge in [0.05, 0.1) is 12.2 Å². The lowest BCUT2D eigenvalue weighted by Gasteiger charge is -2.15. The van der Waals surface area contributed by atoms with E-state index in [-0.39, 0.29) is 5.69 Å². The third kappa shape index (κ3) is 4.69. The van der Waals surface area contributed by atoms with E-state index in [0.717, 1.165) is 6.07 Å². The Morgan fingerprint density at radius 1 is 1.32 bits per heavy atom. The van der Waals surface area contributed by atoms with Crippen molar-refractivity contribution in [1.29, 1.82) is 0 Å². The van der Waals surface area contributed by atoms with E-state index in [1.807, 2.05) is 0 Å². The molecule has 6 heteroatoms. The van der Waals surface area contributed by atoms with Crippen molar-refractivity contribution in [3.63, 3.8) is 0 Å². The average Bonchev–Trinajstić information content (AvgIpc) is 3.13. The summed E-state index contributed by atoms with van der Waals surface area (Å²) in [6, 6.07) is 4.09. The van der Waals surface area contributed by atoms with Crippen LogP contribution in [0.5, 0.6) is 0 Å². The molecule has 0 amide bonds. The Balaban J connectivity index is 1.87. The predicted octanol–water partition coefficient (Wildman–Crippen LogP) is 4.31. The molecule has 19 heavy (non-hydrogen) atoms. The molecule has 1 saturated carbocycles. The summed E-state index contributed by atoms with van der Waals surface area (Å²) in [5, 5.41) is 2.78. The van der Waals surface area contributed by atoms with Gasteiger partial charge in [-0.3, -0.25) is 0 Å². The molecular weight excluding hydrogens is 323 g/mol. The minimum absolute atomic E-state index is 0.0886. The Hall–Kier alpha value is -0.750. The zero-order chi connectivity index (χ0) is 13.9. The Labute approximate surface area is 118 Å². The fourth-order valence-electron chi connectivity index (χ4n) is 1.70. The Kier molecular flexibility index (Phi) is 4.73. The van der Waals surface area contributed by atoms with Crippen LogP contribution in [0.25, 0.3) is 0 Å². The lowest BCUT2D eigenvalue weighted by Crippen LogP contribution is -2.15. The summed E-state index contributed by atoms with van der Waals surface area (Å²) in [5.74, 6) is 0.665. The number of hydrogen-bond acceptors (Lipinski definition) is 2. The summed E-state index contributed by atoms with van der Waals surface area (Å²) in [4.78, 5) is 0. The van der Waals surface area contributed by atoms with Crippen molar-refractivity contribution in [2.45, 2.75) is 19.0 Å². The quantitative estimate of drug-likeness (QED) is 0.781. The highest BCUT2D eigenvalue weighted by Gasteiger charge is 2.33. The van der Waals surface area contributed by atoms with Gasteiger partial charge in [0.25, 0.3) is 0 Å². The van der Waals surface area contributed by atoms with Crippen molar-refractivity contribution in [3.8, 4) is 0 Å². The highest BCUT2D eigenvalue weighted by atomic mass is 79.9. The van der Waals surface area contributed by atoms with Crippen molar-refractivity contribution in [2.75, 3.05) is 25.1 Å². The maximum Gasteiger partial charge on any atom is 0.418 e. The molecule has 0 unspecified atom stereocenters. The standard InChI is InChI=1S/C13H15BrF3NO/c14-10-3-4-12(11(7-10)13(15,16)17)18-5-6-19-8-9-1-2-9/h3-4,7,9,18H,1-2,5-6,8H2. The van der Waals surface area contributed by atoms with Gasteiger partial charge in [-0.2, -0.15) is 13.2 Å². The van der Waals surface area contributed by atoms with E-state index in [0.29, 0.717) is 30.1 Å². The molecule has 0 aromatic heterocycles. The van der Waals surface area contributed by atoms with Gasteiger partial charge in [0.1, 0.15) is 0 Å². The number of halogens is 4. The second-order valence-corrected chi connectivity index (χ2v) is 5.55. The van der Waals surface area contributed by atoms with E-state index < -0.39 is 11.7 Å². The van der Waals surface area contributed by atoms with Crippen LogP contribution in [0.1, 0.15) is 18.4 Å². The molecule has 0 atom stereocenters. The van der Waals surface area contributed by atoms with Gasteiger partial charge in [-0.1, -0.05) is 15.9 Å². The second-order valence-electron chi connectivity index (χ2n) is 4.63. The van der Waals surface area contributed by atoms with Crippen molar-refractivity contribution in [3.05, 3.63) is 28.2 Å². The number of ether oxygens (including phenoxy) is 1. The van der Waals surface area contributed by atoms with Gasteiger partial charge in [0.15, 0.2) is 0 Å². The Morgan fingerprint density at radius 3 is 2.68 bits per heavy atom. The van der Waals surface area contributed by atoms with Gasteiger partial charge in [-0.25, -0.2) is 0 Å². The predicted molar refractivity (Wildman–Crippen MR) is 71.2 cm³/mol. The first-order chi connectivity index (χ1) is 8.97. The number of alkyl halides is 3. The zero-order valence-electron chi connectivity index (χ0n) is 10.3. The van der Waals surface area contributed by atoms with Crippen LogP contribution in [0.3, 0.4) is 0 Å². The SMILES string of the molecule is FC(F)(F)c1cc(Br)ccc1NCCOCC1CC1. The molecule has 1 N–H and O–H groups in total. The van der Waals surface area contributed by atoms with Gasteiger partial charge >= 0.3 is 6.18 Å². The topological polar surface area (TPSA) is 21.3 Å². The van der Waals surface area contributed by atoms with E-state index in [4.69, 9.17) is 4.74 Å². The largest absolute Gasteiger partial charge is 0.418 e. The molecule has 0 bridgehead atoms. The molecule has 1 aliphatic carbocycles. The molecule has 0 heterocycles. The zero-order valence-corrected chi connectivity index (χ0v) is 11.9. The first kappa shape index (κ1) is 14.7. The summed E-state index contributed by atoms with van der Waals surface area (Å²) < 4.78 is 44.3. The Morgan fingerprint density at radius 2 is 2.05 bits per heavy atom. The molecule has 2 rings (SSSR count). The van der Waals surface area contributed by atoms with E-state index in [1.54, 1.807) is 6.07 Å². The molecule has 1 aliphatic rings. The second kappa shape index (κ2) is 6.13. The number of rotatable bonds is 6. The van der Waals surface area contributed by atoms with Gasteiger partial charge in [0.2, 0.25) is 0 Å². The van der Waals surface area contributed by atoms with Crippen LogP contribution in [-0.2, 0) is 10.9 Å². The van der Waals surface area contributed by atoms with E-state index in [1.165, 1.54) is 18.9 Å². The van der Waals surface area contributed by atoms with E-state index in [2.05, 4.69) is 21.2 Å². The van der Waals surface area contributed by atoms with Crippen LogP contribution in [0.15, 0.2) is 22.7 Å². The van der Waals surface area contributed by atoms with Gasteiger partial charge in [0, 0.05) is 23.3 Å². The lowest BCUT2D eigenvalue weighted by molar-refractivity contribution is -0.137. The van der Waals surface area contributed by atoms with Gasteiger partial charge < -0.3 is 10.1 Å². The number of anilines is 1. The number of nitrogens with one attached hydrogen (secondary N) is 1. The van der Waals surface area contributed by atoms with Gasteiger partial charge in [-0.15, -0.1) is 0 Å². The highest BCUT2D eigenvalue weighted by Crippen LogP contribution is 2.36. The van der Waals surface area contributed by atoms with Crippen molar-refractivity contribution in [1.82, 2.24) is 0 Å². The average molecular weight is 338 g/mol. The summed E-state index contributed by atoms with van der Waals surface area (Å²) in [6.45, 7) is 1.51. The number of hydrogen-bond donors (Lipinski definition) is 1. The minimum Gasteiger partial charge on any atom is -0.382 e.